The number of carbonyl (C=O) groups excluding carboxylic acids is 1. The van der Waals surface area contributed by atoms with E-state index in [1.165, 1.54) is 35.2 Å². The number of amides is 1. The number of fused-ring (bicyclic) bond motifs is 1. The van der Waals surface area contributed by atoms with Crippen LogP contribution in [0.4, 0.5) is 9.52 Å². The molecule has 0 spiro atoms. The number of carbonyl (C=O) groups is 1. The summed E-state index contributed by atoms with van der Waals surface area (Å²) in [6.45, 7) is 0.273. The second-order valence-electron chi connectivity index (χ2n) is 7.72. The highest BCUT2D eigenvalue weighted by Crippen LogP contribution is 2.30. The van der Waals surface area contributed by atoms with Crippen molar-refractivity contribution in [3.63, 3.8) is 0 Å². The molecule has 0 unspecified atom stereocenters. The van der Waals surface area contributed by atoms with Gasteiger partial charge >= 0.3 is 0 Å². The summed E-state index contributed by atoms with van der Waals surface area (Å²) < 4.78 is 14.5. The number of thiazole rings is 1. The third-order valence-electron chi connectivity index (χ3n) is 5.45. The molecule has 0 aliphatic rings. The highest BCUT2D eigenvalue weighted by molar-refractivity contribution is 7.14. The minimum absolute atomic E-state index is 0.173. The number of rotatable bonds is 5. The topological polar surface area (TPSA) is 68.1 Å². The van der Waals surface area contributed by atoms with E-state index in [0.29, 0.717) is 21.6 Å². The maximum absolute atomic E-state index is 13.9. The molecule has 3 aromatic carbocycles. The van der Waals surface area contributed by atoms with E-state index in [9.17, 15) is 14.0 Å². The van der Waals surface area contributed by atoms with Crippen LogP contribution in [0.3, 0.4) is 0 Å². The van der Waals surface area contributed by atoms with E-state index in [4.69, 9.17) is 0 Å². The van der Waals surface area contributed by atoms with Crippen molar-refractivity contribution in [2.75, 3.05) is 4.90 Å². The Labute approximate surface area is 198 Å². The molecule has 0 N–H and O–H groups in total. The van der Waals surface area contributed by atoms with E-state index in [2.05, 4.69) is 10.1 Å². The van der Waals surface area contributed by atoms with Crippen LogP contribution in [-0.4, -0.2) is 20.7 Å². The SMILES string of the molecule is Cn1nc(C(=O)N(Cc2ccccc2)c2nc(-c3ccc(F)cc3)cs2)c2ccccc2c1=O. The molecule has 5 rings (SSSR count). The van der Waals surface area contributed by atoms with Crippen molar-refractivity contribution >= 4 is 33.1 Å². The first-order valence-corrected chi connectivity index (χ1v) is 11.4. The molecule has 34 heavy (non-hydrogen) atoms. The molecule has 2 heterocycles. The van der Waals surface area contributed by atoms with Gasteiger partial charge in [-0.2, -0.15) is 5.10 Å². The number of halogens is 1. The normalized spacial score (nSPS) is 11.0. The van der Waals surface area contributed by atoms with Gasteiger partial charge in [0.15, 0.2) is 10.8 Å². The number of nitrogens with zero attached hydrogens (tertiary/aromatic N) is 4. The molecule has 0 saturated heterocycles. The lowest BCUT2D eigenvalue weighted by Gasteiger charge is -2.20. The number of anilines is 1. The summed E-state index contributed by atoms with van der Waals surface area (Å²) in [6, 6.07) is 22.6. The van der Waals surface area contributed by atoms with Crippen LogP contribution in [0.2, 0.25) is 0 Å². The van der Waals surface area contributed by atoms with Crippen LogP contribution in [0.15, 0.2) is 89.0 Å². The number of hydrogen-bond donors (Lipinski definition) is 0. The molecule has 0 aliphatic heterocycles. The van der Waals surface area contributed by atoms with E-state index in [-0.39, 0.29) is 29.5 Å². The maximum Gasteiger partial charge on any atom is 0.281 e. The molecule has 1 amide bonds. The van der Waals surface area contributed by atoms with Gasteiger partial charge in [-0.25, -0.2) is 14.1 Å². The van der Waals surface area contributed by atoms with Gasteiger partial charge in [-0.05, 0) is 35.9 Å². The van der Waals surface area contributed by atoms with Crippen molar-refractivity contribution in [3.05, 3.63) is 112 Å². The summed E-state index contributed by atoms with van der Waals surface area (Å²) >= 11 is 1.32. The summed E-state index contributed by atoms with van der Waals surface area (Å²) in [7, 11) is 1.53. The quantitative estimate of drug-likeness (QED) is 0.361. The van der Waals surface area contributed by atoms with E-state index >= 15 is 0 Å². The fourth-order valence-corrected chi connectivity index (χ4v) is 4.55. The molecular weight excluding hydrogens is 451 g/mol. The first-order chi connectivity index (χ1) is 16.5. The predicted octanol–water partition coefficient (Wildman–Crippen LogP) is 5.04. The molecule has 0 radical (unpaired) electrons. The number of aromatic nitrogens is 3. The van der Waals surface area contributed by atoms with Gasteiger partial charge in [0.2, 0.25) is 0 Å². The highest BCUT2D eigenvalue weighted by Gasteiger charge is 2.25. The van der Waals surface area contributed by atoms with Crippen molar-refractivity contribution < 1.29 is 9.18 Å². The zero-order valence-corrected chi connectivity index (χ0v) is 19.0. The Morgan fingerprint density at radius 1 is 0.971 bits per heavy atom. The summed E-state index contributed by atoms with van der Waals surface area (Å²) in [5.41, 5.74) is 2.22. The first kappa shape index (κ1) is 21.7. The van der Waals surface area contributed by atoms with E-state index in [1.54, 1.807) is 41.3 Å². The van der Waals surface area contributed by atoms with E-state index < -0.39 is 0 Å². The van der Waals surface area contributed by atoms with Crippen molar-refractivity contribution in [3.8, 4) is 11.3 Å². The molecule has 8 heteroatoms. The van der Waals surface area contributed by atoms with Crippen LogP contribution in [0.25, 0.3) is 22.0 Å². The molecule has 0 fully saturated rings. The number of hydrogen-bond acceptors (Lipinski definition) is 5. The average molecular weight is 471 g/mol. The predicted molar refractivity (Wildman–Crippen MR) is 131 cm³/mol. The standard InChI is InChI=1S/C26H19FN4O2S/c1-30-24(32)21-10-6-5-9-20(21)23(29-30)25(33)31(15-17-7-3-2-4-8-17)26-28-22(16-34-26)18-11-13-19(27)14-12-18/h2-14,16H,15H2,1H3. The van der Waals surface area contributed by atoms with Crippen LogP contribution in [0.1, 0.15) is 16.1 Å². The summed E-state index contributed by atoms with van der Waals surface area (Å²) in [5.74, 6) is -0.691. The van der Waals surface area contributed by atoms with Crippen LogP contribution in [0, 0.1) is 5.82 Å². The molecule has 0 saturated carbocycles. The second-order valence-corrected chi connectivity index (χ2v) is 8.56. The zero-order valence-electron chi connectivity index (χ0n) is 18.2. The lowest BCUT2D eigenvalue weighted by atomic mass is 10.1. The van der Waals surface area contributed by atoms with Gasteiger partial charge in [-0.15, -0.1) is 11.3 Å². The Kier molecular flexibility index (Phi) is 5.73. The van der Waals surface area contributed by atoms with Crippen molar-refractivity contribution in [1.82, 2.24) is 14.8 Å². The highest BCUT2D eigenvalue weighted by atomic mass is 32.1. The van der Waals surface area contributed by atoms with Crippen LogP contribution in [-0.2, 0) is 13.6 Å². The second kappa shape index (κ2) is 8.99. The third-order valence-corrected chi connectivity index (χ3v) is 6.31. The minimum atomic E-state index is -0.365. The third kappa shape index (κ3) is 4.11. The van der Waals surface area contributed by atoms with Crippen LogP contribution in [0.5, 0.6) is 0 Å². The largest absolute Gasteiger partial charge is 0.281 e. The van der Waals surface area contributed by atoms with Crippen LogP contribution >= 0.6 is 11.3 Å². The zero-order chi connectivity index (χ0) is 23.7. The first-order valence-electron chi connectivity index (χ1n) is 10.5. The van der Waals surface area contributed by atoms with Crippen molar-refractivity contribution in [2.45, 2.75) is 6.54 Å². The number of benzene rings is 3. The lowest BCUT2D eigenvalue weighted by Crippen LogP contribution is -2.33. The molecule has 2 aromatic heterocycles. The Balaban J connectivity index is 1.61. The Morgan fingerprint density at radius 3 is 2.38 bits per heavy atom. The fourth-order valence-electron chi connectivity index (χ4n) is 3.72. The monoisotopic (exact) mass is 470 g/mol. The minimum Gasteiger partial charge on any atom is -0.278 e. The Hall–Kier alpha value is -4.17. The number of aryl methyl sites for hydroxylation is 1. The average Bonchev–Trinajstić information content (AvgIpc) is 3.35. The lowest BCUT2D eigenvalue weighted by molar-refractivity contribution is 0.0980. The molecule has 5 aromatic rings. The molecule has 0 bridgehead atoms. The van der Waals surface area contributed by atoms with E-state index in [0.717, 1.165) is 11.1 Å². The van der Waals surface area contributed by atoms with Gasteiger partial charge < -0.3 is 0 Å². The van der Waals surface area contributed by atoms with Crippen molar-refractivity contribution in [2.24, 2.45) is 7.05 Å². The molecule has 6 nitrogen and oxygen atoms in total. The summed E-state index contributed by atoms with van der Waals surface area (Å²) in [5, 5.41) is 7.54. The van der Waals surface area contributed by atoms with Gasteiger partial charge in [0, 0.05) is 23.4 Å². The molecule has 0 aliphatic carbocycles. The van der Waals surface area contributed by atoms with Gasteiger partial charge in [-0.3, -0.25) is 14.5 Å². The van der Waals surface area contributed by atoms with Gasteiger partial charge in [0.05, 0.1) is 17.6 Å². The Bertz CT molecular complexity index is 1550. The molecule has 0 atom stereocenters. The van der Waals surface area contributed by atoms with Crippen molar-refractivity contribution in [1.29, 1.82) is 0 Å². The fraction of sp³-hybridized carbons (Fsp3) is 0.0769. The van der Waals surface area contributed by atoms with Gasteiger partial charge in [0.25, 0.3) is 11.5 Å². The van der Waals surface area contributed by atoms with Gasteiger partial charge in [0.1, 0.15) is 5.82 Å². The summed E-state index contributed by atoms with van der Waals surface area (Å²) in [6.07, 6.45) is 0. The maximum atomic E-state index is 13.9. The smallest absolute Gasteiger partial charge is 0.278 e. The van der Waals surface area contributed by atoms with Crippen LogP contribution < -0.4 is 10.5 Å². The molecular formula is C26H19FN4O2S. The van der Waals surface area contributed by atoms with E-state index in [1.807, 2.05) is 35.7 Å². The van der Waals surface area contributed by atoms with Gasteiger partial charge in [-0.1, -0.05) is 48.5 Å². The molecule has 168 valence electrons. The Morgan fingerprint density at radius 2 is 1.65 bits per heavy atom. The summed E-state index contributed by atoms with van der Waals surface area (Å²) in [4.78, 5) is 32.7.